The van der Waals surface area contributed by atoms with Crippen molar-refractivity contribution in [2.45, 2.75) is 56.1 Å². The number of hydrogen-bond donors (Lipinski definition) is 4. The Kier molecular flexibility index (Phi) is 15.9. The van der Waals surface area contributed by atoms with E-state index in [-0.39, 0.29) is 35.7 Å². The fourth-order valence-corrected chi connectivity index (χ4v) is 6.80. The number of carboxylic acids is 2. The number of rotatable bonds is 16. The molecule has 3 aromatic carbocycles. The van der Waals surface area contributed by atoms with Gasteiger partial charge in [0.25, 0.3) is 0 Å². The number of benzene rings is 3. The molecule has 0 spiro atoms. The Bertz CT molecular complexity index is 2280. The number of likely N-dealkylation sites (N-methyl/N-ethyl adjacent to an activating group) is 1. The minimum absolute atomic E-state index is 0.0204. The quantitative estimate of drug-likeness (QED) is 0.0755. The fraction of sp³-hybridized carbons (Fsp3) is 0.325. The Morgan fingerprint density at radius 1 is 0.864 bits per heavy atom. The maximum Gasteiger partial charge on any atom is 0.416 e. The summed E-state index contributed by atoms with van der Waals surface area (Å²) in [6.45, 7) is 6.80. The summed E-state index contributed by atoms with van der Waals surface area (Å²) in [5, 5.41) is 37.7. The van der Waals surface area contributed by atoms with Crippen molar-refractivity contribution < 1.29 is 56.8 Å². The van der Waals surface area contributed by atoms with Crippen LogP contribution < -0.4 is 5.43 Å². The molecule has 316 valence electrons. The van der Waals surface area contributed by atoms with Crippen molar-refractivity contribution in [2.75, 3.05) is 26.2 Å². The Morgan fingerprint density at radius 3 is 1.98 bits per heavy atom. The summed E-state index contributed by atoms with van der Waals surface area (Å²) in [5.74, 6) is -5.70. The predicted molar refractivity (Wildman–Crippen MR) is 208 cm³/mol. The van der Waals surface area contributed by atoms with Gasteiger partial charge in [0.2, 0.25) is 5.91 Å². The van der Waals surface area contributed by atoms with Crippen LogP contribution in [0.4, 0.5) is 22.0 Å². The number of nitrogens with zero attached hydrogens (tertiary/aromatic N) is 5. The smallest absolute Gasteiger partial charge is 0.416 e. The molecule has 0 saturated carbocycles. The van der Waals surface area contributed by atoms with Crippen molar-refractivity contribution in [3.05, 3.63) is 118 Å². The number of fused-ring (bicyclic) bond motifs is 1. The fourth-order valence-electron chi connectivity index (χ4n) is 5.78. The number of aromatic nitrogens is 3. The zero-order chi connectivity index (χ0) is 43.6. The molecule has 0 bridgehead atoms. The van der Waals surface area contributed by atoms with E-state index in [1.807, 2.05) is 38.1 Å². The Labute approximate surface area is 338 Å². The van der Waals surface area contributed by atoms with Crippen LogP contribution in [-0.4, -0.2) is 101 Å². The second-order valence-electron chi connectivity index (χ2n) is 13.2. The van der Waals surface area contributed by atoms with Crippen molar-refractivity contribution in [3.63, 3.8) is 0 Å². The van der Waals surface area contributed by atoms with E-state index in [1.54, 1.807) is 22.7 Å². The van der Waals surface area contributed by atoms with Crippen LogP contribution in [0, 0.1) is 11.6 Å². The van der Waals surface area contributed by atoms with Crippen LogP contribution in [0.2, 0.25) is 0 Å². The number of thioether (sulfide) groups is 1. The molecule has 2 heterocycles. The molecule has 4 N–H and O–H groups in total. The van der Waals surface area contributed by atoms with Gasteiger partial charge in [-0.25, -0.2) is 18.4 Å². The van der Waals surface area contributed by atoms with E-state index in [4.69, 9.17) is 20.4 Å². The maximum absolute atomic E-state index is 14.5. The number of carbonyl (C=O) groups is 3. The number of aliphatic hydroxyl groups is 2. The lowest BCUT2D eigenvalue weighted by molar-refractivity contribution is -0.165. The molecule has 0 fully saturated rings. The first kappa shape index (κ1) is 46.1. The number of alkyl halides is 3. The lowest BCUT2D eigenvalue weighted by Crippen LogP contribution is -2.40. The number of pyridine rings is 1. The minimum Gasteiger partial charge on any atom is -0.479 e. The first-order chi connectivity index (χ1) is 27.8. The average Bonchev–Trinajstić information content (AvgIpc) is 3.61. The molecule has 0 aliphatic heterocycles. The van der Waals surface area contributed by atoms with Gasteiger partial charge in [-0.3, -0.25) is 14.3 Å². The number of hydrogen-bond acceptors (Lipinski definition) is 9. The highest BCUT2D eigenvalue weighted by atomic mass is 32.2. The van der Waals surface area contributed by atoms with E-state index in [1.165, 1.54) is 35.0 Å². The predicted octanol–water partition coefficient (Wildman–Crippen LogP) is 5.24. The van der Waals surface area contributed by atoms with Crippen LogP contribution in [0.3, 0.4) is 0 Å². The van der Waals surface area contributed by atoms with Crippen molar-refractivity contribution in [2.24, 2.45) is 7.05 Å². The molecule has 13 nitrogen and oxygen atoms in total. The van der Waals surface area contributed by atoms with Crippen molar-refractivity contribution in [1.82, 2.24) is 24.1 Å². The SMILES string of the molecule is CCN(CC)CCN(Cc1ccc(-c2ccc(C(F)(F)F)cc2)cc1)C(=O)Cn1c(SCc2cccc(F)c2F)cc(=O)c2cn(C)nc21.O=C(O)C(O)C(O)C(=O)O. The number of amides is 1. The van der Waals surface area contributed by atoms with E-state index in [0.717, 1.165) is 54.2 Å². The summed E-state index contributed by atoms with van der Waals surface area (Å²) in [6, 6.07) is 17.6. The molecule has 2 unspecified atom stereocenters. The monoisotopic (exact) mass is 847 g/mol. The van der Waals surface area contributed by atoms with E-state index in [0.29, 0.717) is 34.7 Å². The third-order valence-electron chi connectivity index (χ3n) is 9.16. The molecule has 5 aromatic rings. The molecule has 1 amide bonds. The zero-order valence-corrected chi connectivity index (χ0v) is 32.9. The first-order valence-corrected chi connectivity index (χ1v) is 19.0. The molecular formula is C40H42F5N5O8S. The second-order valence-corrected chi connectivity index (χ2v) is 14.2. The van der Waals surface area contributed by atoms with Crippen LogP contribution >= 0.6 is 11.8 Å². The summed E-state index contributed by atoms with van der Waals surface area (Å²) in [4.78, 5) is 50.6. The highest BCUT2D eigenvalue weighted by Crippen LogP contribution is 2.31. The molecular weight excluding hydrogens is 806 g/mol. The Balaban J connectivity index is 0.000000680. The third-order valence-corrected chi connectivity index (χ3v) is 10.3. The summed E-state index contributed by atoms with van der Waals surface area (Å²) < 4.78 is 70.6. The largest absolute Gasteiger partial charge is 0.479 e. The summed E-state index contributed by atoms with van der Waals surface area (Å²) >= 11 is 1.11. The maximum atomic E-state index is 14.5. The van der Waals surface area contributed by atoms with Crippen LogP contribution in [0.15, 0.2) is 88.8 Å². The lowest BCUT2D eigenvalue weighted by Gasteiger charge is -2.27. The molecule has 2 aromatic heterocycles. The van der Waals surface area contributed by atoms with E-state index in [2.05, 4.69) is 10.00 Å². The molecule has 0 aliphatic carbocycles. The molecule has 19 heteroatoms. The van der Waals surface area contributed by atoms with Gasteiger partial charge in [-0.1, -0.05) is 62.4 Å². The minimum atomic E-state index is -4.42. The van der Waals surface area contributed by atoms with Gasteiger partial charge in [0.05, 0.1) is 16.0 Å². The van der Waals surface area contributed by atoms with Gasteiger partial charge >= 0.3 is 18.1 Å². The van der Waals surface area contributed by atoms with Gasteiger partial charge in [0.15, 0.2) is 34.9 Å². The summed E-state index contributed by atoms with van der Waals surface area (Å²) in [7, 11) is 1.67. The lowest BCUT2D eigenvalue weighted by atomic mass is 10.0. The zero-order valence-electron chi connectivity index (χ0n) is 32.1. The average molecular weight is 848 g/mol. The van der Waals surface area contributed by atoms with E-state index >= 15 is 0 Å². The molecule has 59 heavy (non-hydrogen) atoms. The summed E-state index contributed by atoms with van der Waals surface area (Å²) in [6.07, 6.45) is -7.37. The van der Waals surface area contributed by atoms with Crippen LogP contribution in [0.5, 0.6) is 0 Å². The number of halogens is 5. The topological polar surface area (TPSA) is 178 Å². The van der Waals surface area contributed by atoms with Gasteiger partial charge in [0, 0.05) is 50.3 Å². The van der Waals surface area contributed by atoms with Crippen LogP contribution in [-0.2, 0) is 46.4 Å². The van der Waals surface area contributed by atoms with Crippen molar-refractivity contribution in [3.8, 4) is 11.1 Å². The normalized spacial score (nSPS) is 12.5. The second kappa shape index (κ2) is 20.4. The van der Waals surface area contributed by atoms with Gasteiger partial charge in [-0.15, -0.1) is 11.8 Å². The highest BCUT2D eigenvalue weighted by molar-refractivity contribution is 7.98. The highest BCUT2D eigenvalue weighted by Gasteiger charge is 2.30. The van der Waals surface area contributed by atoms with Gasteiger partial charge in [-0.05, 0) is 48.0 Å². The van der Waals surface area contributed by atoms with Crippen LogP contribution in [0.25, 0.3) is 22.2 Å². The number of carboxylic acid groups (broad SMARTS) is 2. The molecule has 0 radical (unpaired) electrons. The summed E-state index contributed by atoms with van der Waals surface area (Å²) in [5.41, 5.74) is 1.59. The van der Waals surface area contributed by atoms with Crippen LogP contribution in [0.1, 0.15) is 30.5 Å². The Hall–Kier alpha value is -5.63. The van der Waals surface area contributed by atoms with Crippen molar-refractivity contribution >= 4 is 40.6 Å². The van der Waals surface area contributed by atoms with Crippen molar-refractivity contribution in [1.29, 1.82) is 0 Å². The number of aryl methyl sites for hydroxylation is 1. The molecule has 0 saturated heterocycles. The molecule has 0 aliphatic rings. The molecule has 2 atom stereocenters. The Morgan fingerprint density at radius 2 is 1.44 bits per heavy atom. The van der Waals surface area contributed by atoms with Gasteiger partial charge in [0.1, 0.15) is 6.54 Å². The van der Waals surface area contributed by atoms with Gasteiger partial charge in [-0.2, -0.15) is 18.3 Å². The first-order valence-electron chi connectivity index (χ1n) is 18.1. The third kappa shape index (κ3) is 12.2. The number of aliphatic carboxylic acids is 2. The van der Waals surface area contributed by atoms with Gasteiger partial charge < -0.3 is 34.8 Å². The van der Waals surface area contributed by atoms with E-state index in [9.17, 15) is 41.1 Å². The molecule has 5 rings (SSSR count). The van der Waals surface area contributed by atoms with E-state index < -0.39 is 47.5 Å². The number of aliphatic hydroxyl groups excluding tert-OH is 2. The standard InChI is InChI=1S/C36H36F5N5O2S.C4H6O6/c1-4-44(5-2)17-18-45(20-24-9-11-25(12-10-24)26-13-15-28(16-14-26)36(39,40)41)32(48)22-46-33(19-31(47)29-21-43(3)42-35(29)46)49-23-27-7-6-8-30(37)34(27)38;5-1(3(7)8)2(6)4(9)10/h6-16,19,21H,4-5,17-18,20,22-23H2,1-3H3;1-2,5-6H,(H,7,8)(H,9,10). The number of carbonyl (C=O) groups excluding carboxylic acids is 1.